The van der Waals surface area contributed by atoms with Crippen molar-refractivity contribution in [1.29, 1.82) is 0 Å². The van der Waals surface area contributed by atoms with Crippen LogP contribution in [0, 0.1) is 5.82 Å². The van der Waals surface area contributed by atoms with Crippen molar-refractivity contribution in [1.82, 2.24) is 0 Å². The van der Waals surface area contributed by atoms with Crippen LogP contribution >= 0.6 is 11.6 Å². The van der Waals surface area contributed by atoms with E-state index in [4.69, 9.17) is 11.6 Å². The number of hydrogen-bond donors (Lipinski definition) is 0. The summed E-state index contributed by atoms with van der Waals surface area (Å²) in [6.07, 6.45) is 0. The lowest BCUT2D eigenvalue weighted by molar-refractivity contribution is 0.514. The lowest BCUT2D eigenvalue weighted by atomic mass is 9.82. The normalized spacial score (nSPS) is 13.0. The molecule has 0 fully saturated rings. The molecular weight excluding hydrogens is 223 g/mol. The average molecular weight is 243 g/mol. The predicted molar refractivity (Wildman–Crippen MR) is 68.8 cm³/mol. The van der Waals surface area contributed by atoms with E-state index in [1.807, 2.05) is 26.8 Å². The van der Waals surface area contributed by atoms with Gasteiger partial charge in [0.25, 0.3) is 0 Å². The molecule has 0 aliphatic heterocycles. The zero-order valence-corrected chi connectivity index (χ0v) is 11.7. The Kier molecular flexibility index (Phi) is 3.40. The summed E-state index contributed by atoms with van der Waals surface area (Å²) in [4.78, 5) is 0. The lowest BCUT2D eigenvalue weighted by Crippen LogP contribution is -2.17. The Hall–Kier alpha value is -0.560. The highest BCUT2D eigenvalue weighted by Gasteiger charge is 2.25. The molecule has 0 spiro atoms. The van der Waals surface area contributed by atoms with Gasteiger partial charge >= 0.3 is 0 Å². The highest BCUT2D eigenvalue weighted by molar-refractivity contribution is 6.31. The van der Waals surface area contributed by atoms with E-state index in [0.29, 0.717) is 10.6 Å². The van der Waals surface area contributed by atoms with Crippen LogP contribution in [0.25, 0.3) is 0 Å². The van der Waals surface area contributed by atoms with Gasteiger partial charge in [0, 0.05) is 10.6 Å². The van der Waals surface area contributed by atoms with E-state index in [0.717, 1.165) is 5.56 Å². The van der Waals surface area contributed by atoms with Crippen LogP contribution in [0.5, 0.6) is 0 Å². The Morgan fingerprint density at radius 3 is 1.75 bits per heavy atom. The van der Waals surface area contributed by atoms with Crippen molar-refractivity contribution in [2.24, 2.45) is 0 Å². The second-order valence-electron chi connectivity index (χ2n) is 6.31. The maximum Gasteiger partial charge on any atom is 0.128 e. The maximum absolute atomic E-state index is 14.1. The van der Waals surface area contributed by atoms with Gasteiger partial charge in [0.2, 0.25) is 0 Å². The average Bonchev–Trinajstić information content (AvgIpc) is 1.97. The lowest BCUT2D eigenvalue weighted by Gasteiger charge is -2.25. The molecule has 0 heterocycles. The predicted octanol–water partition coefficient (Wildman–Crippen LogP) is 5.07. The monoisotopic (exact) mass is 242 g/mol. The first-order valence-corrected chi connectivity index (χ1v) is 5.91. The summed E-state index contributed by atoms with van der Waals surface area (Å²) in [5, 5.41) is 0.525. The SMILES string of the molecule is CC(C)(C)c1cc(F)c(C(C)(C)C)c(Cl)c1. The Balaban J connectivity index is 3.41. The van der Waals surface area contributed by atoms with Crippen LogP contribution in [-0.2, 0) is 10.8 Å². The van der Waals surface area contributed by atoms with Gasteiger partial charge in [-0.3, -0.25) is 0 Å². The number of rotatable bonds is 0. The van der Waals surface area contributed by atoms with Crippen molar-refractivity contribution in [2.45, 2.75) is 52.4 Å². The van der Waals surface area contributed by atoms with Crippen LogP contribution in [0.1, 0.15) is 52.7 Å². The Morgan fingerprint density at radius 1 is 0.938 bits per heavy atom. The zero-order chi connectivity index (χ0) is 12.7. The number of halogens is 2. The van der Waals surface area contributed by atoms with Crippen molar-refractivity contribution < 1.29 is 4.39 Å². The summed E-state index contributed by atoms with van der Waals surface area (Å²) in [7, 11) is 0. The summed E-state index contributed by atoms with van der Waals surface area (Å²) in [6.45, 7) is 12.1. The third-order valence-corrected chi connectivity index (χ3v) is 2.96. The first kappa shape index (κ1) is 13.5. The minimum Gasteiger partial charge on any atom is -0.207 e. The molecule has 0 atom stereocenters. The van der Waals surface area contributed by atoms with Crippen LogP contribution in [0.15, 0.2) is 12.1 Å². The van der Waals surface area contributed by atoms with Crippen molar-refractivity contribution in [3.8, 4) is 0 Å². The minimum absolute atomic E-state index is 0.0824. The fraction of sp³-hybridized carbons (Fsp3) is 0.571. The molecule has 16 heavy (non-hydrogen) atoms. The molecule has 0 nitrogen and oxygen atoms in total. The third-order valence-electron chi connectivity index (χ3n) is 2.66. The first-order chi connectivity index (χ1) is 7.03. The molecule has 90 valence electrons. The molecule has 0 aliphatic rings. The van der Waals surface area contributed by atoms with Gasteiger partial charge in [0.15, 0.2) is 0 Å². The molecule has 0 aromatic heterocycles. The summed E-state index contributed by atoms with van der Waals surface area (Å²) in [6, 6.07) is 3.48. The van der Waals surface area contributed by atoms with Crippen molar-refractivity contribution >= 4 is 11.6 Å². The van der Waals surface area contributed by atoms with E-state index >= 15 is 0 Å². The number of benzene rings is 1. The van der Waals surface area contributed by atoms with Crippen molar-refractivity contribution in [3.05, 3.63) is 34.1 Å². The second kappa shape index (κ2) is 4.03. The number of hydrogen-bond acceptors (Lipinski definition) is 0. The van der Waals surface area contributed by atoms with E-state index in [1.165, 1.54) is 0 Å². The molecular formula is C14H20ClF. The zero-order valence-electron chi connectivity index (χ0n) is 10.9. The molecule has 0 radical (unpaired) electrons. The highest BCUT2D eigenvalue weighted by atomic mass is 35.5. The molecule has 0 aliphatic carbocycles. The summed E-state index contributed by atoms with van der Waals surface area (Å²) in [5.74, 6) is -0.204. The molecule has 0 bridgehead atoms. The highest BCUT2D eigenvalue weighted by Crippen LogP contribution is 2.35. The molecule has 1 aromatic rings. The molecule has 0 amide bonds. The molecule has 0 saturated heterocycles. The summed E-state index contributed by atoms with van der Waals surface area (Å²) in [5.41, 5.74) is 1.18. The van der Waals surface area contributed by atoms with Gasteiger partial charge in [-0.05, 0) is 28.5 Å². The molecule has 1 rings (SSSR count). The smallest absolute Gasteiger partial charge is 0.128 e. The Labute approximate surface area is 103 Å². The van der Waals surface area contributed by atoms with Crippen molar-refractivity contribution in [2.75, 3.05) is 0 Å². The quantitative estimate of drug-likeness (QED) is 0.596. The molecule has 0 N–H and O–H groups in total. The Morgan fingerprint density at radius 2 is 1.44 bits per heavy atom. The molecule has 0 unspecified atom stereocenters. The summed E-state index contributed by atoms with van der Waals surface area (Å²) >= 11 is 6.19. The fourth-order valence-electron chi connectivity index (χ4n) is 1.72. The fourth-order valence-corrected chi connectivity index (χ4v) is 2.21. The van der Waals surface area contributed by atoms with Gasteiger partial charge in [-0.2, -0.15) is 0 Å². The summed E-state index contributed by atoms with van der Waals surface area (Å²) < 4.78 is 14.1. The van der Waals surface area contributed by atoms with Gasteiger partial charge < -0.3 is 0 Å². The van der Waals surface area contributed by atoms with Crippen LogP contribution in [0.2, 0.25) is 5.02 Å². The van der Waals surface area contributed by atoms with Crippen LogP contribution in [0.3, 0.4) is 0 Å². The van der Waals surface area contributed by atoms with Crippen LogP contribution < -0.4 is 0 Å². The molecule has 1 aromatic carbocycles. The van der Waals surface area contributed by atoms with E-state index in [2.05, 4.69) is 20.8 Å². The largest absolute Gasteiger partial charge is 0.207 e. The van der Waals surface area contributed by atoms with Gasteiger partial charge in [-0.15, -0.1) is 0 Å². The standard InChI is InChI=1S/C14H20ClF/c1-13(2,3)9-7-10(15)12(11(16)8-9)14(4,5)6/h7-8H,1-6H3. The van der Waals surface area contributed by atoms with Crippen LogP contribution in [0.4, 0.5) is 4.39 Å². The molecule has 0 saturated carbocycles. The molecule has 2 heteroatoms. The Bertz CT molecular complexity index is 371. The second-order valence-corrected chi connectivity index (χ2v) is 6.72. The third kappa shape index (κ3) is 2.76. The van der Waals surface area contributed by atoms with Gasteiger partial charge in [-0.1, -0.05) is 53.1 Å². The van der Waals surface area contributed by atoms with Gasteiger partial charge in [-0.25, -0.2) is 4.39 Å². The maximum atomic E-state index is 14.1. The van der Waals surface area contributed by atoms with E-state index in [1.54, 1.807) is 6.07 Å². The van der Waals surface area contributed by atoms with E-state index < -0.39 is 0 Å². The van der Waals surface area contributed by atoms with Gasteiger partial charge in [0.1, 0.15) is 5.82 Å². The topological polar surface area (TPSA) is 0 Å². The minimum atomic E-state index is -0.266. The van der Waals surface area contributed by atoms with E-state index in [9.17, 15) is 4.39 Å². The van der Waals surface area contributed by atoms with E-state index in [-0.39, 0.29) is 16.6 Å². The first-order valence-electron chi connectivity index (χ1n) is 5.53. The van der Waals surface area contributed by atoms with Crippen LogP contribution in [-0.4, -0.2) is 0 Å². The van der Waals surface area contributed by atoms with Crippen molar-refractivity contribution in [3.63, 3.8) is 0 Å². The van der Waals surface area contributed by atoms with Gasteiger partial charge in [0.05, 0.1) is 0 Å².